The van der Waals surface area contributed by atoms with Gasteiger partial charge in [-0.15, -0.1) is 0 Å². The van der Waals surface area contributed by atoms with Gasteiger partial charge in [0, 0.05) is 30.1 Å². The molecule has 0 aromatic carbocycles. The van der Waals surface area contributed by atoms with Crippen LogP contribution in [0, 0.1) is 5.92 Å². The molecule has 0 amide bonds. The van der Waals surface area contributed by atoms with Gasteiger partial charge in [0.2, 0.25) is 0 Å². The van der Waals surface area contributed by atoms with Gasteiger partial charge in [0.25, 0.3) is 0 Å². The van der Waals surface area contributed by atoms with E-state index in [1.807, 2.05) is 0 Å². The Morgan fingerprint density at radius 1 is 1.00 bits per heavy atom. The first kappa shape index (κ1) is 14.8. The largest absolute Gasteiger partial charge is 0.370 e. The minimum Gasteiger partial charge on any atom is -0.370 e. The lowest BCUT2D eigenvalue weighted by molar-refractivity contribution is 0.302. The molecule has 0 unspecified atom stereocenters. The quantitative estimate of drug-likeness (QED) is 0.812. The molecule has 3 nitrogen and oxygen atoms in total. The van der Waals surface area contributed by atoms with Gasteiger partial charge in [-0.2, -0.15) is 0 Å². The Balaban J connectivity index is 1.72. The van der Waals surface area contributed by atoms with Crippen LogP contribution in [0.4, 0.5) is 5.82 Å². The summed E-state index contributed by atoms with van der Waals surface area (Å²) in [6, 6.07) is 2.17. The van der Waals surface area contributed by atoms with E-state index >= 15 is 0 Å². The van der Waals surface area contributed by atoms with Crippen molar-refractivity contribution in [1.29, 1.82) is 0 Å². The van der Waals surface area contributed by atoms with E-state index in [4.69, 9.17) is 9.97 Å². The molecule has 2 aliphatic carbocycles. The van der Waals surface area contributed by atoms with Crippen molar-refractivity contribution in [1.82, 2.24) is 9.97 Å². The van der Waals surface area contributed by atoms with E-state index in [2.05, 4.69) is 25.2 Å². The zero-order chi connectivity index (χ0) is 14.7. The maximum atomic E-state index is 4.92. The van der Waals surface area contributed by atoms with E-state index in [0.717, 1.165) is 24.1 Å². The fourth-order valence-corrected chi connectivity index (χ4v) is 3.65. The molecule has 0 saturated heterocycles. The highest BCUT2D eigenvalue weighted by Gasteiger charge is 2.29. The number of anilines is 1. The Morgan fingerprint density at radius 3 is 2.33 bits per heavy atom. The minimum absolute atomic E-state index is 0.592. The molecule has 0 atom stereocenters. The van der Waals surface area contributed by atoms with Crippen LogP contribution in [0.15, 0.2) is 6.07 Å². The van der Waals surface area contributed by atoms with Crippen LogP contribution in [0.25, 0.3) is 0 Å². The molecule has 0 bridgehead atoms. The first-order chi connectivity index (χ1) is 10.3. The van der Waals surface area contributed by atoms with Crippen LogP contribution in [-0.4, -0.2) is 16.5 Å². The number of aromatic nitrogens is 2. The summed E-state index contributed by atoms with van der Waals surface area (Å²) < 4.78 is 0. The van der Waals surface area contributed by atoms with Crippen molar-refractivity contribution in [2.45, 2.75) is 77.0 Å². The van der Waals surface area contributed by atoms with Gasteiger partial charge in [-0.1, -0.05) is 19.8 Å². The highest BCUT2D eigenvalue weighted by molar-refractivity contribution is 5.38. The van der Waals surface area contributed by atoms with E-state index in [9.17, 15) is 0 Å². The van der Waals surface area contributed by atoms with Crippen molar-refractivity contribution in [2.24, 2.45) is 5.92 Å². The predicted octanol–water partition coefficient (Wildman–Crippen LogP) is 4.86. The van der Waals surface area contributed by atoms with Gasteiger partial charge in [0.15, 0.2) is 0 Å². The van der Waals surface area contributed by atoms with Crippen molar-refractivity contribution >= 4 is 5.82 Å². The average molecular weight is 287 g/mol. The van der Waals surface area contributed by atoms with Gasteiger partial charge in [-0.3, -0.25) is 0 Å². The average Bonchev–Trinajstić information content (AvgIpc) is 3.33. The first-order valence-electron chi connectivity index (χ1n) is 8.92. The third kappa shape index (κ3) is 3.75. The van der Waals surface area contributed by atoms with Crippen molar-refractivity contribution in [3.05, 3.63) is 17.6 Å². The van der Waals surface area contributed by atoms with E-state index in [1.165, 1.54) is 57.1 Å². The summed E-state index contributed by atoms with van der Waals surface area (Å²) in [5.41, 5.74) is 1.28. The molecule has 21 heavy (non-hydrogen) atoms. The third-order valence-electron chi connectivity index (χ3n) is 5.03. The lowest BCUT2D eigenvalue weighted by Crippen LogP contribution is -2.16. The third-order valence-corrected chi connectivity index (χ3v) is 5.03. The summed E-state index contributed by atoms with van der Waals surface area (Å²) in [4.78, 5) is 9.73. The molecule has 116 valence electrons. The molecule has 1 aromatic heterocycles. The van der Waals surface area contributed by atoms with Crippen LogP contribution in [0.2, 0.25) is 0 Å². The normalized spacial score (nSPS) is 25.8. The lowest BCUT2D eigenvalue weighted by atomic mass is 9.80. The van der Waals surface area contributed by atoms with Gasteiger partial charge < -0.3 is 5.32 Å². The second kappa shape index (κ2) is 6.76. The molecule has 3 rings (SSSR count). The van der Waals surface area contributed by atoms with Gasteiger partial charge in [-0.05, 0) is 51.4 Å². The van der Waals surface area contributed by atoms with Crippen LogP contribution in [-0.2, 0) is 0 Å². The number of rotatable bonds is 6. The number of nitrogens with zero attached hydrogens (tertiary/aromatic N) is 2. The van der Waals surface area contributed by atoms with Crippen LogP contribution in [0.5, 0.6) is 0 Å². The van der Waals surface area contributed by atoms with Crippen LogP contribution in [0.1, 0.15) is 88.6 Å². The highest BCUT2D eigenvalue weighted by Crippen LogP contribution is 2.41. The molecular formula is C18H29N3. The van der Waals surface area contributed by atoms with Gasteiger partial charge in [0.05, 0.1) is 0 Å². The zero-order valence-electron chi connectivity index (χ0n) is 13.6. The molecule has 1 N–H and O–H groups in total. The van der Waals surface area contributed by atoms with Crippen LogP contribution in [0.3, 0.4) is 0 Å². The molecule has 0 aliphatic heterocycles. The Morgan fingerprint density at radius 2 is 1.71 bits per heavy atom. The monoisotopic (exact) mass is 287 g/mol. The number of hydrogen-bond acceptors (Lipinski definition) is 3. The summed E-state index contributed by atoms with van der Waals surface area (Å²) in [6.45, 7) is 5.37. The fourth-order valence-electron chi connectivity index (χ4n) is 3.65. The summed E-state index contributed by atoms with van der Waals surface area (Å²) >= 11 is 0. The number of hydrogen-bond donors (Lipinski definition) is 1. The van der Waals surface area contributed by atoms with E-state index in [-0.39, 0.29) is 0 Å². The summed E-state index contributed by atoms with van der Waals surface area (Å²) in [7, 11) is 0. The number of nitrogens with one attached hydrogen (secondary N) is 1. The molecule has 1 aromatic rings. The molecular weight excluding hydrogens is 258 g/mol. The van der Waals surface area contributed by atoms with E-state index in [1.54, 1.807) is 0 Å². The van der Waals surface area contributed by atoms with Gasteiger partial charge >= 0.3 is 0 Å². The topological polar surface area (TPSA) is 37.8 Å². The van der Waals surface area contributed by atoms with E-state index in [0.29, 0.717) is 11.8 Å². The first-order valence-corrected chi connectivity index (χ1v) is 8.92. The minimum atomic E-state index is 0.592. The molecule has 1 heterocycles. The van der Waals surface area contributed by atoms with Crippen LogP contribution < -0.4 is 5.32 Å². The Hall–Kier alpha value is -1.12. The lowest BCUT2D eigenvalue weighted by Gasteiger charge is -2.27. The molecule has 0 radical (unpaired) electrons. The van der Waals surface area contributed by atoms with Crippen molar-refractivity contribution in [2.75, 3.05) is 11.9 Å². The molecule has 2 aliphatic rings. The molecule has 3 heteroatoms. The SMILES string of the molecule is CCCC1CCC(c2nc(NCC)cc(C3CC3)n2)CC1. The second-order valence-electron chi connectivity index (χ2n) is 6.85. The predicted molar refractivity (Wildman–Crippen MR) is 87.8 cm³/mol. The van der Waals surface area contributed by atoms with Crippen LogP contribution >= 0.6 is 0 Å². The smallest absolute Gasteiger partial charge is 0.134 e. The van der Waals surface area contributed by atoms with E-state index < -0.39 is 0 Å². The van der Waals surface area contributed by atoms with Gasteiger partial charge in [0.1, 0.15) is 11.6 Å². The van der Waals surface area contributed by atoms with Crippen molar-refractivity contribution in [3.63, 3.8) is 0 Å². The molecule has 2 fully saturated rings. The summed E-state index contributed by atoms with van der Waals surface area (Å²) in [5.74, 6) is 4.41. The van der Waals surface area contributed by atoms with Gasteiger partial charge in [-0.25, -0.2) is 9.97 Å². The second-order valence-corrected chi connectivity index (χ2v) is 6.85. The summed E-state index contributed by atoms with van der Waals surface area (Å²) in [6.07, 6.45) is 10.6. The fraction of sp³-hybridized carbons (Fsp3) is 0.778. The zero-order valence-corrected chi connectivity index (χ0v) is 13.6. The Bertz CT molecular complexity index is 460. The van der Waals surface area contributed by atoms with Crippen molar-refractivity contribution in [3.8, 4) is 0 Å². The molecule has 2 saturated carbocycles. The standard InChI is InChI=1S/C18H29N3/c1-3-5-13-6-8-15(9-7-13)18-20-16(14-10-11-14)12-17(21-18)19-4-2/h12-15H,3-11H2,1-2H3,(H,19,20,21). The Labute approximate surface area is 129 Å². The summed E-state index contributed by atoms with van der Waals surface area (Å²) in [5, 5.41) is 3.39. The van der Waals surface area contributed by atoms with Crippen molar-refractivity contribution < 1.29 is 0 Å². The highest BCUT2D eigenvalue weighted by atomic mass is 15.0. The Kier molecular flexibility index (Phi) is 4.77. The maximum Gasteiger partial charge on any atom is 0.134 e. The molecule has 0 spiro atoms. The maximum absolute atomic E-state index is 4.92.